The normalized spacial score (nSPS) is 19.4. The fourth-order valence-corrected chi connectivity index (χ4v) is 2.21. The van der Waals surface area contributed by atoms with Gasteiger partial charge in [-0.25, -0.2) is 0 Å². The van der Waals surface area contributed by atoms with E-state index in [0.717, 1.165) is 24.8 Å². The van der Waals surface area contributed by atoms with Gasteiger partial charge in [0.1, 0.15) is 0 Å². The van der Waals surface area contributed by atoms with Crippen LogP contribution in [0.2, 0.25) is 0 Å². The molecular weight excluding hydrogens is 204 g/mol. The fraction of sp³-hybridized carbons (Fsp3) is 0.667. The van der Waals surface area contributed by atoms with Crippen molar-refractivity contribution >= 4 is 5.97 Å². The highest BCUT2D eigenvalue weighted by molar-refractivity contribution is 5.75. The molecular formula is C12H18N2O2. The summed E-state index contributed by atoms with van der Waals surface area (Å²) >= 11 is 0. The third-order valence-corrected chi connectivity index (χ3v) is 3.66. The summed E-state index contributed by atoms with van der Waals surface area (Å²) in [6, 6.07) is 0. The molecule has 0 aliphatic heterocycles. The van der Waals surface area contributed by atoms with Crippen molar-refractivity contribution in [2.45, 2.75) is 32.6 Å². The second-order valence-corrected chi connectivity index (χ2v) is 5.02. The lowest BCUT2D eigenvalue weighted by atomic mass is 9.80. The lowest BCUT2D eigenvalue weighted by molar-refractivity contribution is -0.149. The molecule has 1 heterocycles. The Morgan fingerprint density at radius 2 is 2.38 bits per heavy atom. The Balaban J connectivity index is 1.99. The molecule has 1 fully saturated rings. The Morgan fingerprint density at radius 1 is 1.69 bits per heavy atom. The zero-order chi connectivity index (χ0) is 11.8. The molecule has 2 rings (SSSR count). The van der Waals surface area contributed by atoms with Crippen molar-refractivity contribution in [1.82, 2.24) is 9.78 Å². The molecule has 1 aromatic rings. The second-order valence-electron chi connectivity index (χ2n) is 5.02. The van der Waals surface area contributed by atoms with Crippen LogP contribution in [-0.2, 0) is 18.3 Å². The maximum Gasteiger partial charge on any atom is 0.309 e. The van der Waals surface area contributed by atoms with E-state index in [4.69, 9.17) is 0 Å². The second kappa shape index (κ2) is 3.92. The van der Waals surface area contributed by atoms with Crippen molar-refractivity contribution in [3.8, 4) is 0 Å². The number of hydrogen-bond acceptors (Lipinski definition) is 2. The third kappa shape index (κ3) is 2.10. The summed E-state index contributed by atoms with van der Waals surface area (Å²) in [5, 5.41) is 13.4. The quantitative estimate of drug-likeness (QED) is 0.827. The molecule has 0 bridgehead atoms. The molecule has 88 valence electrons. The fourth-order valence-electron chi connectivity index (χ4n) is 2.21. The van der Waals surface area contributed by atoms with E-state index in [-0.39, 0.29) is 0 Å². The van der Waals surface area contributed by atoms with Gasteiger partial charge in [-0.1, -0.05) is 0 Å². The van der Waals surface area contributed by atoms with E-state index in [9.17, 15) is 9.90 Å². The Hall–Kier alpha value is -1.32. The first-order valence-electron chi connectivity index (χ1n) is 5.73. The number of carboxylic acids is 1. The first-order chi connectivity index (χ1) is 7.52. The van der Waals surface area contributed by atoms with Crippen LogP contribution in [0.15, 0.2) is 12.4 Å². The van der Waals surface area contributed by atoms with E-state index in [0.29, 0.717) is 12.3 Å². The summed E-state index contributed by atoms with van der Waals surface area (Å²) in [4.78, 5) is 11.3. The van der Waals surface area contributed by atoms with Crippen LogP contribution in [0.3, 0.4) is 0 Å². The van der Waals surface area contributed by atoms with Gasteiger partial charge < -0.3 is 5.11 Å². The molecule has 1 aliphatic rings. The van der Waals surface area contributed by atoms with Crippen LogP contribution in [0.1, 0.15) is 31.7 Å². The minimum atomic E-state index is -0.654. The maximum absolute atomic E-state index is 11.3. The van der Waals surface area contributed by atoms with Crippen molar-refractivity contribution < 1.29 is 9.90 Å². The topological polar surface area (TPSA) is 55.1 Å². The number of aliphatic carboxylic acids is 1. The maximum atomic E-state index is 11.3. The molecule has 4 nitrogen and oxygen atoms in total. The molecule has 0 amide bonds. The Bertz CT molecular complexity index is 395. The van der Waals surface area contributed by atoms with Crippen LogP contribution in [-0.4, -0.2) is 20.9 Å². The summed E-state index contributed by atoms with van der Waals surface area (Å²) in [6.07, 6.45) is 7.40. The van der Waals surface area contributed by atoms with Gasteiger partial charge in [-0.15, -0.1) is 0 Å². The largest absolute Gasteiger partial charge is 0.481 e. The van der Waals surface area contributed by atoms with Crippen molar-refractivity contribution in [2.24, 2.45) is 18.4 Å². The summed E-state index contributed by atoms with van der Waals surface area (Å²) in [7, 11) is 1.88. The first kappa shape index (κ1) is 11.2. The molecule has 1 atom stereocenters. The van der Waals surface area contributed by atoms with Gasteiger partial charge in [-0.3, -0.25) is 9.48 Å². The van der Waals surface area contributed by atoms with Gasteiger partial charge in [0.05, 0.1) is 11.6 Å². The number of aryl methyl sites for hydroxylation is 2. The minimum absolute atomic E-state index is 0.377. The van der Waals surface area contributed by atoms with Gasteiger partial charge in [0, 0.05) is 13.2 Å². The van der Waals surface area contributed by atoms with Gasteiger partial charge in [-0.05, 0) is 44.1 Å². The molecule has 1 unspecified atom stereocenters. The van der Waals surface area contributed by atoms with Crippen molar-refractivity contribution in [2.75, 3.05) is 0 Å². The lowest BCUT2D eigenvalue weighted by Crippen LogP contribution is -2.30. The van der Waals surface area contributed by atoms with E-state index in [1.54, 1.807) is 4.68 Å². The molecule has 4 heteroatoms. The molecule has 1 aromatic heterocycles. The SMILES string of the molecule is Cn1cc(CCC(C)(C(=O)O)C2CC2)cn1. The van der Waals surface area contributed by atoms with Crippen LogP contribution >= 0.6 is 0 Å². The Kier molecular flexibility index (Phi) is 2.74. The zero-order valence-corrected chi connectivity index (χ0v) is 9.81. The average molecular weight is 222 g/mol. The summed E-state index contributed by atoms with van der Waals surface area (Å²) in [5.41, 5.74) is 0.575. The number of aromatic nitrogens is 2. The van der Waals surface area contributed by atoms with E-state index in [2.05, 4.69) is 5.10 Å². The lowest BCUT2D eigenvalue weighted by Gasteiger charge is -2.24. The molecule has 16 heavy (non-hydrogen) atoms. The highest BCUT2D eigenvalue weighted by atomic mass is 16.4. The van der Waals surface area contributed by atoms with E-state index >= 15 is 0 Å². The van der Waals surface area contributed by atoms with Crippen molar-refractivity contribution in [3.63, 3.8) is 0 Å². The Morgan fingerprint density at radius 3 is 2.81 bits per heavy atom. The van der Waals surface area contributed by atoms with Crippen LogP contribution in [0, 0.1) is 11.3 Å². The highest BCUT2D eigenvalue weighted by Gasteiger charge is 2.46. The van der Waals surface area contributed by atoms with Crippen molar-refractivity contribution in [3.05, 3.63) is 18.0 Å². The number of nitrogens with zero attached hydrogens (tertiary/aromatic N) is 2. The summed E-state index contributed by atoms with van der Waals surface area (Å²) in [5.74, 6) is -0.277. The smallest absolute Gasteiger partial charge is 0.309 e. The third-order valence-electron chi connectivity index (χ3n) is 3.66. The van der Waals surface area contributed by atoms with Crippen LogP contribution < -0.4 is 0 Å². The molecule has 1 N–H and O–H groups in total. The van der Waals surface area contributed by atoms with Crippen LogP contribution in [0.25, 0.3) is 0 Å². The molecule has 0 saturated heterocycles. The van der Waals surface area contributed by atoms with E-state index < -0.39 is 11.4 Å². The number of carbonyl (C=O) groups is 1. The average Bonchev–Trinajstić information content (AvgIpc) is 2.99. The monoisotopic (exact) mass is 222 g/mol. The van der Waals surface area contributed by atoms with Gasteiger partial charge >= 0.3 is 5.97 Å². The number of carboxylic acid groups (broad SMARTS) is 1. The summed E-state index contributed by atoms with van der Waals surface area (Å²) in [6.45, 7) is 1.88. The Labute approximate surface area is 95.3 Å². The molecule has 1 saturated carbocycles. The number of hydrogen-bond donors (Lipinski definition) is 1. The van der Waals surface area contributed by atoms with Crippen LogP contribution in [0.4, 0.5) is 0 Å². The predicted octanol–water partition coefficient (Wildman–Crippen LogP) is 1.85. The summed E-state index contributed by atoms with van der Waals surface area (Å²) < 4.78 is 1.75. The number of rotatable bonds is 5. The highest BCUT2D eigenvalue weighted by Crippen LogP contribution is 2.48. The van der Waals surface area contributed by atoms with Gasteiger partial charge in [-0.2, -0.15) is 5.10 Å². The minimum Gasteiger partial charge on any atom is -0.481 e. The van der Waals surface area contributed by atoms with Gasteiger partial charge in [0.15, 0.2) is 0 Å². The molecule has 0 spiro atoms. The molecule has 0 radical (unpaired) electrons. The predicted molar refractivity (Wildman–Crippen MR) is 60.0 cm³/mol. The van der Waals surface area contributed by atoms with Crippen molar-refractivity contribution in [1.29, 1.82) is 0 Å². The van der Waals surface area contributed by atoms with Crippen LogP contribution in [0.5, 0.6) is 0 Å². The first-order valence-corrected chi connectivity index (χ1v) is 5.73. The zero-order valence-electron chi connectivity index (χ0n) is 9.81. The van der Waals surface area contributed by atoms with Gasteiger partial charge in [0.2, 0.25) is 0 Å². The standard InChI is InChI=1S/C12H18N2O2/c1-12(11(15)16,10-3-4-10)6-5-9-7-13-14(2)8-9/h7-8,10H,3-6H2,1-2H3,(H,15,16). The molecule has 0 aromatic carbocycles. The van der Waals surface area contributed by atoms with Gasteiger partial charge in [0.25, 0.3) is 0 Å². The molecule has 1 aliphatic carbocycles. The van der Waals surface area contributed by atoms with E-state index in [1.807, 2.05) is 26.4 Å². The van der Waals surface area contributed by atoms with E-state index in [1.165, 1.54) is 0 Å².